The van der Waals surface area contributed by atoms with Crippen molar-refractivity contribution >= 4 is 17.4 Å². The highest BCUT2D eigenvalue weighted by molar-refractivity contribution is 6.51. The van der Waals surface area contributed by atoms with E-state index in [0.29, 0.717) is 24.4 Å². The summed E-state index contributed by atoms with van der Waals surface area (Å²) in [5, 5.41) is 11.2. The van der Waals surface area contributed by atoms with Crippen LogP contribution in [0.3, 0.4) is 0 Å². The largest absolute Gasteiger partial charge is 0.488 e. The molecule has 0 aromatic carbocycles. The van der Waals surface area contributed by atoms with Crippen LogP contribution < -0.4 is 10.1 Å². The van der Waals surface area contributed by atoms with Crippen LogP contribution in [0.5, 0.6) is 5.75 Å². The summed E-state index contributed by atoms with van der Waals surface area (Å²) in [6, 6.07) is 1.84. The molecule has 1 aliphatic heterocycles. The SMILES string of the molecule is CCOC(=O)C1=NCC=CC(=N)/C1=C\NCc1cc(C)c(OCC(C)(C)F)cn1. The van der Waals surface area contributed by atoms with Crippen molar-refractivity contribution in [2.24, 2.45) is 4.99 Å². The molecule has 8 heteroatoms. The number of rotatable bonds is 8. The Labute approximate surface area is 170 Å². The second-order valence-electron chi connectivity index (χ2n) is 7.11. The molecule has 0 saturated carbocycles. The number of aryl methyl sites for hydroxylation is 1. The predicted molar refractivity (Wildman–Crippen MR) is 110 cm³/mol. The second kappa shape index (κ2) is 9.95. The van der Waals surface area contributed by atoms with Gasteiger partial charge in [-0.2, -0.15) is 0 Å². The van der Waals surface area contributed by atoms with Crippen LogP contribution in [0.1, 0.15) is 32.0 Å². The molecular formula is C21H27FN4O3. The van der Waals surface area contributed by atoms with Crippen LogP contribution in [0, 0.1) is 12.3 Å². The zero-order valence-corrected chi connectivity index (χ0v) is 17.2. The van der Waals surface area contributed by atoms with Crippen molar-refractivity contribution in [1.29, 1.82) is 5.41 Å². The van der Waals surface area contributed by atoms with E-state index in [1.807, 2.05) is 13.0 Å². The molecule has 0 bridgehead atoms. The first kappa shape index (κ1) is 22.3. The molecule has 1 aliphatic rings. The Morgan fingerprint density at radius 1 is 1.45 bits per heavy atom. The van der Waals surface area contributed by atoms with E-state index >= 15 is 0 Å². The molecular weight excluding hydrogens is 375 g/mol. The first-order valence-corrected chi connectivity index (χ1v) is 9.39. The quantitative estimate of drug-likeness (QED) is 0.652. The van der Waals surface area contributed by atoms with Crippen LogP contribution in [-0.2, 0) is 16.1 Å². The summed E-state index contributed by atoms with van der Waals surface area (Å²) in [7, 11) is 0. The Kier molecular flexibility index (Phi) is 7.64. The van der Waals surface area contributed by atoms with Crippen LogP contribution >= 0.6 is 0 Å². The van der Waals surface area contributed by atoms with Crippen LogP contribution in [0.4, 0.5) is 4.39 Å². The van der Waals surface area contributed by atoms with Gasteiger partial charge in [0.05, 0.1) is 37.3 Å². The lowest BCUT2D eigenvalue weighted by Crippen LogP contribution is -2.25. The van der Waals surface area contributed by atoms with E-state index < -0.39 is 11.6 Å². The van der Waals surface area contributed by atoms with Gasteiger partial charge >= 0.3 is 5.97 Å². The Balaban J connectivity index is 2.08. The summed E-state index contributed by atoms with van der Waals surface area (Å²) in [5.74, 6) is -0.0227. The van der Waals surface area contributed by atoms with Crippen LogP contribution in [-0.4, -0.2) is 47.8 Å². The molecule has 0 saturated heterocycles. The number of carbonyl (C=O) groups excluding carboxylic acids is 1. The number of hydrogen-bond acceptors (Lipinski definition) is 7. The minimum atomic E-state index is -1.42. The van der Waals surface area contributed by atoms with Gasteiger partial charge in [0, 0.05) is 11.8 Å². The van der Waals surface area contributed by atoms with Crippen molar-refractivity contribution in [2.45, 2.75) is 39.9 Å². The maximum Gasteiger partial charge on any atom is 0.357 e. The Hall–Kier alpha value is -3.03. The van der Waals surface area contributed by atoms with Gasteiger partial charge < -0.3 is 20.2 Å². The number of esters is 1. The summed E-state index contributed by atoms with van der Waals surface area (Å²) in [6.07, 6.45) is 6.45. The highest BCUT2D eigenvalue weighted by Crippen LogP contribution is 2.19. The molecule has 0 spiro atoms. The molecule has 2 rings (SSSR count). The standard InChI is InChI=1S/C21H27FN4O3/c1-5-28-20(27)19-16(17(23)7-6-8-25-19)11-24-10-15-9-14(2)18(12-26-15)29-13-21(3,4)22/h6-7,9,11-12,23-24H,5,8,10,13H2,1-4H3/b16-11+,23-17?. The molecule has 7 nitrogen and oxygen atoms in total. The number of alkyl halides is 1. The third-order valence-corrected chi connectivity index (χ3v) is 3.87. The van der Waals surface area contributed by atoms with Gasteiger partial charge in [-0.25, -0.2) is 9.18 Å². The minimum Gasteiger partial charge on any atom is -0.488 e. The van der Waals surface area contributed by atoms with Gasteiger partial charge in [0.25, 0.3) is 0 Å². The van der Waals surface area contributed by atoms with Gasteiger partial charge in [0.2, 0.25) is 0 Å². The van der Waals surface area contributed by atoms with Gasteiger partial charge in [0.1, 0.15) is 18.0 Å². The average molecular weight is 402 g/mol. The number of aromatic nitrogens is 1. The van der Waals surface area contributed by atoms with E-state index in [0.717, 1.165) is 11.3 Å². The summed E-state index contributed by atoms with van der Waals surface area (Å²) in [6.45, 7) is 7.35. The summed E-state index contributed by atoms with van der Waals surface area (Å²) >= 11 is 0. The molecule has 0 unspecified atom stereocenters. The highest BCUT2D eigenvalue weighted by atomic mass is 19.1. The maximum absolute atomic E-state index is 13.6. The lowest BCUT2D eigenvalue weighted by molar-refractivity contribution is -0.134. The zero-order chi connectivity index (χ0) is 21.4. The second-order valence-corrected chi connectivity index (χ2v) is 7.11. The van der Waals surface area contributed by atoms with E-state index in [9.17, 15) is 9.18 Å². The molecule has 156 valence electrons. The van der Waals surface area contributed by atoms with Gasteiger partial charge in [0.15, 0.2) is 5.71 Å². The van der Waals surface area contributed by atoms with Gasteiger partial charge in [-0.3, -0.25) is 9.98 Å². The smallest absolute Gasteiger partial charge is 0.357 e. The monoisotopic (exact) mass is 402 g/mol. The minimum absolute atomic E-state index is 0.0508. The predicted octanol–water partition coefficient (Wildman–Crippen LogP) is 3.08. The fourth-order valence-corrected chi connectivity index (χ4v) is 2.49. The van der Waals surface area contributed by atoms with Gasteiger partial charge in [-0.1, -0.05) is 6.08 Å². The molecule has 1 aromatic rings. The van der Waals surface area contributed by atoms with Crippen LogP contribution in [0.2, 0.25) is 0 Å². The van der Waals surface area contributed by atoms with E-state index in [1.165, 1.54) is 13.8 Å². The number of nitrogens with one attached hydrogen (secondary N) is 2. The van der Waals surface area contributed by atoms with Crippen molar-refractivity contribution in [3.8, 4) is 5.75 Å². The highest BCUT2D eigenvalue weighted by Gasteiger charge is 2.21. The Morgan fingerprint density at radius 3 is 2.86 bits per heavy atom. The lowest BCUT2D eigenvalue weighted by atomic mass is 10.1. The normalized spacial score (nSPS) is 15.7. The molecule has 0 atom stereocenters. The van der Waals surface area contributed by atoms with Crippen molar-refractivity contribution in [3.05, 3.63) is 47.4 Å². The number of hydrogen-bond donors (Lipinski definition) is 2. The fraction of sp³-hybridized carbons (Fsp3) is 0.429. The molecule has 0 radical (unpaired) electrons. The maximum atomic E-state index is 13.6. The first-order valence-electron chi connectivity index (χ1n) is 9.39. The molecule has 2 heterocycles. The fourth-order valence-electron chi connectivity index (χ4n) is 2.49. The molecule has 1 aromatic heterocycles. The number of pyridine rings is 1. The molecule has 0 amide bonds. The van der Waals surface area contributed by atoms with Crippen molar-refractivity contribution < 1.29 is 18.7 Å². The lowest BCUT2D eigenvalue weighted by Gasteiger charge is -2.16. The average Bonchev–Trinajstić information content (AvgIpc) is 2.82. The van der Waals surface area contributed by atoms with Crippen LogP contribution in [0.15, 0.2) is 41.2 Å². The molecule has 0 aliphatic carbocycles. The number of aliphatic imine (C=N–C) groups is 1. The Morgan fingerprint density at radius 2 is 2.21 bits per heavy atom. The van der Waals surface area contributed by atoms with Crippen molar-refractivity contribution in [1.82, 2.24) is 10.3 Å². The number of nitrogens with zero attached hydrogens (tertiary/aromatic N) is 2. The number of carbonyl (C=O) groups is 1. The first-order chi connectivity index (χ1) is 13.7. The van der Waals surface area contributed by atoms with Crippen LogP contribution in [0.25, 0.3) is 0 Å². The third kappa shape index (κ3) is 6.81. The molecule has 0 fully saturated rings. The van der Waals surface area contributed by atoms with E-state index in [4.69, 9.17) is 14.9 Å². The number of allylic oxidation sites excluding steroid dienone is 1. The molecule has 2 N–H and O–H groups in total. The third-order valence-electron chi connectivity index (χ3n) is 3.87. The van der Waals surface area contributed by atoms with E-state index in [2.05, 4.69) is 15.3 Å². The summed E-state index contributed by atoms with van der Waals surface area (Å²) < 4.78 is 24.1. The number of ether oxygens (including phenoxy) is 2. The zero-order valence-electron chi connectivity index (χ0n) is 17.2. The molecule has 29 heavy (non-hydrogen) atoms. The van der Waals surface area contributed by atoms with E-state index in [1.54, 1.807) is 31.5 Å². The van der Waals surface area contributed by atoms with E-state index in [-0.39, 0.29) is 24.6 Å². The number of halogens is 1. The van der Waals surface area contributed by atoms with Crippen molar-refractivity contribution in [2.75, 3.05) is 19.8 Å². The summed E-state index contributed by atoms with van der Waals surface area (Å²) in [4.78, 5) is 20.7. The van der Waals surface area contributed by atoms with Gasteiger partial charge in [-0.15, -0.1) is 0 Å². The summed E-state index contributed by atoms with van der Waals surface area (Å²) in [5.41, 5.74) is 0.803. The van der Waals surface area contributed by atoms with Crippen molar-refractivity contribution in [3.63, 3.8) is 0 Å². The van der Waals surface area contributed by atoms with Gasteiger partial charge in [-0.05, 0) is 45.4 Å². The topological polar surface area (TPSA) is 96.7 Å². The Bertz CT molecular complexity index is 854.